The van der Waals surface area contributed by atoms with E-state index in [2.05, 4.69) is 15.5 Å². The molecule has 0 aliphatic rings. The van der Waals surface area contributed by atoms with Crippen LogP contribution in [0.5, 0.6) is 0 Å². The number of hydrogen-bond acceptors (Lipinski definition) is 6. The largest absolute Gasteiger partial charge is 0.352 e. The smallest absolute Gasteiger partial charge is 0.284 e. The van der Waals surface area contributed by atoms with Crippen LogP contribution in [0.2, 0.25) is 0 Å². The van der Waals surface area contributed by atoms with Gasteiger partial charge < -0.3 is 9.88 Å². The minimum Gasteiger partial charge on any atom is -0.352 e. The molecule has 0 aliphatic carbocycles. The number of carbonyl (C=O) groups is 1. The van der Waals surface area contributed by atoms with Crippen molar-refractivity contribution in [2.45, 2.75) is 16.5 Å². The molecule has 0 radical (unpaired) electrons. The first kappa shape index (κ1) is 19.5. The highest BCUT2D eigenvalue weighted by Crippen LogP contribution is 2.34. The standard InChI is InChI=1S/C18H16FN5O3S/c1-23-11-21-22-18(23)28-16-6-5-13(10-15(16)24(26)27)17(25)20-8-7-12-3-2-4-14(19)9-12/h2-6,9-11H,7-8H2,1H3,(H,20,25). The topological polar surface area (TPSA) is 103 Å². The van der Waals surface area contributed by atoms with Gasteiger partial charge in [0.25, 0.3) is 11.6 Å². The molecule has 0 bridgehead atoms. The summed E-state index contributed by atoms with van der Waals surface area (Å²) in [5, 5.41) is 22.2. The van der Waals surface area contributed by atoms with Crippen molar-refractivity contribution in [1.29, 1.82) is 0 Å². The molecule has 0 saturated heterocycles. The molecule has 0 aliphatic heterocycles. The molecule has 2 aromatic carbocycles. The third kappa shape index (κ3) is 4.71. The predicted molar refractivity (Wildman–Crippen MR) is 101 cm³/mol. The fraction of sp³-hybridized carbons (Fsp3) is 0.167. The Labute approximate surface area is 163 Å². The Morgan fingerprint density at radius 2 is 2.14 bits per heavy atom. The Bertz CT molecular complexity index is 1020. The van der Waals surface area contributed by atoms with E-state index in [0.29, 0.717) is 16.5 Å². The zero-order valence-electron chi connectivity index (χ0n) is 14.8. The van der Waals surface area contributed by atoms with Crippen LogP contribution in [-0.4, -0.2) is 32.1 Å². The van der Waals surface area contributed by atoms with E-state index in [1.807, 2.05) is 0 Å². The van der Waals surface area contributed by atoms with Gasteiger partial charge in [0.2, 0.25) is 0 Å². The van der Waals surface area contributed by atoms with E-state index >= 15 is 0 Å². The van der Waals surface area contributed by atoms with E-state index in [0.717, 1.165) is 17.3 Å². The Morgan fingerprint density at radius 1 is 1.32 bits per heavy atom. The number of hydrogen-bond donors (Lipinski definition) is 1. The van der Waals surface area contributed by atoms with Gasteiger partial charge >= 0.3 is 0 Å². The normalized spacial score (nSPS) is 10.6. The van der Waals surface area contributed by atoms with E-state index in [1.54, 1.807) is 23.7 Å². The second-order valence-electron chi connectivity index (χ2n) is 5.90. The number of aryl methyl sites for hydroxylation is 1. The number of carbonyl (C=O) groups excluding carboxylic acids is 1. The van der Waals surface area contributed by atoms with Crippen LogP contribution in [0.3, 0.4) is 0 Å². The van der Waals surface area contributed by atoms with Crippen LogP contribution in [0.15, 0.2) is 58.8 Å². The molecule has 0 atom stereocenters. The summed E-state index contributed by atoms with van der Waals surface area (Å²) in [6.45, 7) is 0.283. The number of aromatic nitrogens is 3. The molecule has 3 aromatic rings. The van der Waals surface area contributed by atoms with Crippen molar-refractivity contribution < 1.29 is 14.1 Å². The van der Waals surface area contributed by atoms with Crippen LogP contribution in [0, 0.1) is 15.9 Å². The summed E-state index contributed by atoms with van der Waals surface area (Å²) in [6.07, 6.45) is 1.94. The monoisotopic (exact) mass is 401 g/mol. The Kier molecular flexibility index (Phi) is 5.99. The zero-order valence-corrected chi connectivity index (χ0v) is 15.6. The quantitative estimate of drug-likeness (QED) is 0.482. The number of benzene rings is 2. The second-order valence-corrected chi connectivity index (χ2v) is 6.91. The SMILES string of the molecule is Cn1cnnc1Sc1ccc(C(=O)NCCc2cccc(F)c2)cc1[N+](=O)[O-]. The molecule has 1 heterocycles. The number of amides is 1. The molecule has 1 N–H and O–H groups in total. The van der Waals surface area contributed by atoms with Gasteiger partial charge in [-0.3, -0.25) is 14.9 Å². The number of nitrogens with zero attached hydrogens (tertiary/aromatic N) is 4. The summed E-state index contributed by atoms with van der Waals surface area (Å²) < 4.78 is 14.8. The van der Waals surface area contributed by atoms with Gasteiger partial charge in [0.1, 0.15) is 12.1 Å². The molecule has 0 fully saturated rings. The summed E-state index contributed by atoms with van der Waals surface area (Å²) in [6, 6.07) is 10.4. The molecule has 144 valence electrons. The van der Waals surface area contributed by atoms with Crippen LogP contribution >= 0.6 is 11.8 Å². The van der Waals surface area contributed by atoms with E-state index in [-0.39, 0.29) is 23.6 Å². The Hall–Kier alpha value is -3.27. The third-order valence-electron chi connectivity index (χ3n) is 3.88. The maximum atomic E-state index is 13.2. The average Bonchev–Trinajstić information content (AvgIpc) is 3.06. The van der Waals surface area contributed by atoms with Gasteiger partial charge in [-0.05, 0) is 48.0 Å². The van der Waals surface area contributed by atoms with Gasteiger partial charge in [0, 0.05) is 25.2 Å². The maximum absolute atomic E-state index is 13.2. The van der Waals surface area contributed by atoms with E-state index in [4.69, 9.17) is 0 Å². The molecule has 3 rings (SSSR count). The third-order valence-corrected chi connectivity index (χ3v) is 4.99. The van der Waals surface area contributed by atoms with Gasteiger partial charge in [0.15, 0.2) is 5.16 Å². The molecule has 10 heteroatoms. The van der Waals surface area contributed by atoms with E-state index in [9.17, 15) is 19.3 Å². The van der Waals surface area contributed by atoms with Crippen molar-refractivity contribution >= 4 is 23.4 Å². The fourth-order valence-corrected chi connectivity index (χ4v) is 3.32. The molecule has 0 saturated carbocycles. The predicted octanol–water partition coefficient (Wildman–Crippen LogP) is 2.99. The van der Waals surface area contributed by atoms with Gasteiger partial charge in [-0.25, -0.2) is 4.39 Å². The highest BCUT2D eigenvalue weighted by atomic mass is 32.2. The molecule has 1 aromatic heterocycles. The highest BCUT2D eigenvalue weighted by Gasteiger charge is 2.20. The van der Waals surface area contributed by atoms with Gasteiger partial charge in [-0.15, -0.1) is 10.2 Å². The van der Waals surface area contributed by atoms with Crippen molar-refractivity contribution in [1.82, 2.24) is 20.1 Å². The van der Waals surface area contributed by atoms with Crippen LogP contribution < -0.4 is 5.32 Å². The van der Waals surface area contributed by atoms with Crippen molar-refractivity contribution in [3.8, 4) is 0 Å². The molecule has 8 nitrogen and oxygen atoms in total. The second kappa shape index (κ2) is 8.61. The number of halogens is 1. The van der Waals surface area contributed by atoms with E-state index in [1.165, 1.54) is 36.7 Å². The van der Waals surface area contributed by atoms with E-state index < -0.39 is 10.8 Å². The lowest BCUT2D eigenvalue weighted by Crippen LogP contribution is -2.25. The first-order valence-corrected chi connectivity index (χ1v) is 9.08. The Balaban J connectivity index is 1.69. The summed E-state index contributed by atoms with van der Waals surface area (Å²) in [5.41, 5.74) is 0.737. The Morgan fingerprint density at radius 3 is 2.82 bits per heavy atom. The lowest BCUT2D eigenvalue weighted by molar-refractivity contribution is -0.387. The molecular formula is C18H16FN5O3S. The van der Waals surface area contributed by atoms with Crippen molar-refractivity contribution in [2.24, 2.45) is 7.05 Å². The molecule has 0 unspecified atom stereocenters. The maximum Gasteiger partial charge on any atom is 0.284 e. The zero-order chi connectivity index (χ0) is 20.1. The van der Waals surface area contributed by atoms with Crippen LogP contribution in [0.4, 0.5) is 10.1 Å². The summed E-state index contributed by atoms with van der Waals surface area (Å²) in [5.74, 6) is -0.773. The molecule has 28 heavy (non-hydrogen) atoms. The number of nitro groups is 1. The summed E-state index contributed by atoms with van der Waals surface area (Å²) >= 11 is 1.09. The lowest BCUT2D eigenvalue weighted by Gasteiger charge is -2.07. The molecular weight excluding hydrogens is 385 g/mol. The van der Waals surface area contributed by atoms with Crippen molar-refractivity contribution in [3.63, 3.8) is 0 Å². The number of nitrogens with one attached hydrogen (secondary N) is 1. The van der Waals surface area contributed by atoms with Gasteiger partial charge in [-0.1, -0.05) is 12.1 Å². The van der Waals surface area contributed by atoms with Crippen LogP contribution in [0.1, 0.15) is 15.9 Å². The van der Waals surface area contributed by atoms with Gasteiger partial charge in [-0.2, -0.15) is 0 Å². The number of nitro benzene ring substituents is 1. The van der Waals surface area contributed by atoms with Gasteiger partial charge in [0.05, 0.1) is 9.82 Å². The highest BCUT2D eigenvalue weighted by molar-refractivity contribution is 7.99. The van der Waals surface area contributed by atoms with Crippen molar-refractivity contribution in [3.05, 3.63) is 75.9 Å². The molecule has 0 spiro atoms. The first-order chi connectivity index (χ1) is 13.4. The summed E-state index contributed by atoms with van der Waals surface area (Å²) in [4.78, 5) is 23.6. The summed E-state index contributed by atoms with van der Waals surface area (Å²) in [7, 11) is 1.73. The van der Waals surface area contributed by atoms with Crippen LogP contribution in [-0.2, 0) is 13.5 Å². The van der Waals surface area contributed by atoms with Crippen LogP contribution in [0.25, 0.3) is 0 Å². The average molecular weight is 401 g/mol. The minimum atomic E-state index is -0.539. The lowest BCUT2D eigenvalue weighted by atomic mass is 10.1. The first-order valence-electron chi connectivity index (χ1n) is 8.27. The minimum absolute atomic E-state index is 0.174. The van der Waals surface area contributed by atoms with Crippen molar-refractivity contribution in [2.75, 3.05) is 6.54 Å². The number of rotatable bonds is 7. The fourth-order valence-electron chi connectivity index (χ4n) is 2.47. The molecule has 1 amide bonds.